The normalized spacial score (nSPS) is 20.4. The Morgan fingerprint density at radius 2 is 2.00 bits per heavy atom. The van der Waals surface area contributed by atoms with Crippen LogP contribution in [0.5, 0.6) is 0 Å². The number of aromatic nitrogens is 3. The number of hydrogen-bond acceptors (Lipinski definition) is 4. The molecule has 1 saturated heterocycles. The maximum Gasteiger partial charge on any atom is 0.130 e. The van der Waals surface area contributed by atoms with Gasteiger partial charge in [-0.25, -0.2) is 4.98 Å². The molecule has 0 radical (unpaired) electrons. The highest BCUT2D eigenvalue weighted by molar-refractivity contribution is 5.88. The Kier molecular flexibility index (Phi) is 5.18. The second-order valence-corrected chi connectivity index (χ2v) is 8.22. The fraction of sp³-hybridized carbons (Fsp3) is 0.391. The summed E-state index contributed by atoms with van der Waals surface area (Å²) in [6, 6.07) is 9.13. The van der Waals surface area contributed by atoms with Gasteiger partial charge >= 0.3 is 0 Å². The van der Waals surface area contributed by atoms with Crippen LogP contribution in [0.3, 0.4) is 0 Å². The molecule has 3 heterocycles. The van der Waals surface area contributed by atoms with E-state index in [4.69, 9.17) is 0 Å². The first-order chi connectivity index (χ1) is 13.5. The van der Waals surface area contributed by atoms with Crippen molar-refractivity contribution in [2.45, 2.75) is 32.7 Å². The molecule has 2 aromatic heterocycles. The molecule has 2 atom stereocenters. The van der Waals surface area contributed by atoms with E-state index in [9.17, 15) is 0 Å². The molecule has 0 aliphatic carbocycles. The first kappa shape index (κ1) is 18.7. The number of pyridine rings is 1. The molecule has 28 heavy (non-hydrogen) atoms. The summed E-state index contributed by atoms with van der Waals surface area (Å²) in [5, 5.41) is 9.97. The molecule has 5 nitrogen and oxygen atoms in total. The minimum atomic E-state index is 0.612. The summed E-state index contributed by atoms with van der Waals surface area (Å²) >= 11 is 0. The van der Waals surface area contributed by atoms with E-state index in [0.717, 1.165) is 52.4 Å². The van der Waals surface area contributed by atoms with E-state index >= 15 is 0 Å². The number of likely N-dealkylation sites (tertiary alicyclic amines) is 1. The first-order valence-electron chi connectivity index (χ1n) is 10.1. The number of fused-ring (bicyclic) bond motifs is 1. The molecule has 4 rings (SSSR count). The molecule has 0 amide bonds. The predicted molar refractivity (Wildman–Crippen MR) is 116 cm³/mol. The van der Waals surface area contributed by atoms with E-state index in [-0.39, 0.29) is 0 Å². The van der Waals surface area contributed by atoms with Crippen LogP contribution in [0.2, 0.25) is 0 Å². The van der Waals surface area contributed by atoms with Crippen molar-refractivity contribution in [3.8, 4) is 11.1 Å². The zero-order valence-electron chi connectivity index (χ0n) is 17.0. The van der Waals surface area contributed by atoms with E-state index in [1.54, 1.807) is 0 Å². The van der Waals surface area contributed by atoms with E-state index < -0.39 is 0 Å². The third-order valence-electron chi connectivity index (χ3n) is 5.71. The highest BCUT2D eigenvalue weighted by Crippen LogP contribution is 2.26. The summed E-state index contributed by atoms with van der Waals surface area (Å²) in [6.45, 7) is 10.9. The smallest absolute Gasteiger partial charge is 0.130 e. The monoisotopic (exact) mass is 375 g/mol. The lowest BCUT2D eigenvalue weighted by Crippen LogP contribution is -2.42. The van der Waals surface area contributed by atoms with Crippen molar-refractivity contribution in [1.29, 1.82) is 0 Å². The largest absolute Gasteiger partial charge is 0.343 e. The lowest BCUT2D eigenvalue weighted by molar-refractivity contribution is 0.137. The molecule has 1 aromatic carbocycles. The molecule has 0 unspecified atom stereocenters. The molecule has 0 saturated carbocycles. The fourth-order valence-corrected chi connectivity index (χ4v) is 4.03. The third-order valence-corrected chi connectivity index (χ3v) is 5.71. The van der Waals surface area contributed by atoms with Gasteiger partial charge in [0.05, 0.1) is 6.20 Å². The molecule has 0 spiro atoms. The van der Waals surface area contributed by atoms with E-state index in [0.29, 0.717) is 6.04 Å². The molecule has 1 fully saturated rings. The van der Waals surface area contributed by atoms with Gasteiger partial charge in [-0.05, 0) is 48.8 Å². The number of hydrogen-bond donors (Lipinski definition) is 1. The second kappa shape index (κ2) is 7.76. The van der Waals surface area contributed by atoms with Crippen LogP contribution in [-0.2, 0) is 7.05 Å². The fourth-order valence-electron chi connectivity index (χ4n) is 4.03. The lowest BCUT2D eigenvalue weighted by Gasteiger charge is -2.37. The van der Waals surface area contributed by atoms with Crippen LogP contribution in [-0.4, -0.2) is 38.8 Å². The standard InChI is InChI=1S/C23H29N5/c1-16-5-6-18(3)28(13-16)14-17(2)26-23-10-21-9-19(7-8-20(21)11-24-23)22-12-25-27(4)15-22/h7-12,15-16,18H,2,5-6,13-14H2,1,3-4H3,(H,24,26)/t16-,18+/m0/s1. The zero-order chi connectivity index (χ0) is 19.7. The van der Waals surface area contributed by atoms with Crippen LogP contribution in [0.1, 0.15) is 26.7 Å². The Morgan fingerprint density at radius 1 is 1.14 bits per heavy atom. The minimum absolute atomic E-state index is 0.612. The van der Waals surface area contributed by atoms with Crippen molar-refractivity contribution >= 4 is 16.6 Å². The van der Waals surface area contributed by atoms with Gasteiger partial charge in [-0.2, -0.15) is 5.10 Å². The number of nitrogens with one attached hydrogen (secondary N) is 1. The number of aryl methyl sites for hydroxylation is 1. The Hall–Kier alpha value is -2.66. The first-order valence-corrected chi connectivity index (χ1v) is 10.1. The van der Waals surface area contributed by atoms with Crippen molar-refractivity contribution in [1.82, 2.24) is 19.7 Å². The average Bonchev–Trinajstić information content (AvgIpc) is 3.10. The van der Waals surface area contributed by atoms with Crippen molar-refractivity contribution < 1.29 is 0 Å². The van der Waals surface area contributed by atoms with Gasteiger partial charge in [-0.3, -0.25) is 9.58 Å². The summed E-state index contributed by atoms with van der Waals surface area (Å²) < 4.78 is 1.82. The van der Waals surface area contributed by atoms with Crippen LogP contribution in [0.15, 0.2) is 55.1 Å². The predicted octanol–water partition coefficient (Wildman–Crippen LogP) is 4.68. The Morgan fingerprint density at radius 3 is 2.79 bits per heavy atom. The number of anilines is 1. The lowest BCUT2D eigenvalue weighted by atomic mass is 9.95. The third kappa shape index (κ3) is 4.09. The van der Waals surface area contributed by atoms with Gasteiger partial charge in [0.1, 0.15) is 5.82 Å². The summed E-state index contributed by atoms with van der Waals surface area (Å²) in [6.07, 6.45) is 8.43. The van der Waals surface area contributed by atoms with Gasteiger partial charge in [-0.15, -0.1) is 0 Å². The summed E-state index contributed by atoms with van der Waals surface area (Å²) in [5.74, 6) is 1.60. The number of piperidine rings is 1. The topological polar surface area (TPSA) is 46.0 Å². The Bertz CT molecular complexity index is 990. The molecule has 146 valence electrons. The van der Waals surface area contributed by atoms with Crippen LogP contribution < -0.4 is 5.32 Å². The van der Waals surface area contributed by atoms with Crippen molar-refractivity contribution in [3.05, 3.63) is 55.1 Å². The maximum absolute atomic E-state index is 4.57. The number of rotatable bonds is 5. The molecule has 1 aliphatic heterocycles. The van der Waals surface area contributed by atoms with Gasteiger partial charge in [0, 0.05) is 55.2 Å². The SMILES string of the molecule is C=C(CN1C[C@@H](C)CC[C@H]1C)Nc1cc2cc(-c3cnn(C)c3)ccc2cn1. The van der Waals surface area contributed by atoms with Crippen molar-refractivity contribution in [2.75, 3.05) is 18.4 Å². The van der Waals surface area contributed by atoms with Gasteiger partial charge in [-0.1, -0.05) is 25.6 Å². The van der Waals surface area contributed by atoms with E-state index in [1.165, 1.54) is 12.8 Å². The van der Waals surface area contributed by atoms with Crippen LogP contribution in [0.4, 0.5) is 5.82 Å². The van der Waals surface area contributed by atoms with Crippen LogP contribution in [0, 0.1) is 5.92 Å². The minimum Gasteiger partial charge on any atom is -0.343 e. The molecular formula is C23H29N5. The van der Waals surface area contributed by atoms with E-state index in [1.807, 2.05) is 30.3 Å². The van der Waals surface area contributed by atoms with E-state index in [2.05, 4.69) is 65.0 Å². The van der Waals surface area contributed by atoms with Gasteiger partial charge in [0.2, 0.25) is 0 Å². The average molecular weight is 376 g/mol. The van der Waals surface area contributed by atoms with Crippen LogP contribution >= 0.6 is 0 Å². The molecular weight excluding hydrogens is 346 g/mol. The van der Waals surface area contributed by atoms with Gasteiger partial charge in [0.15, 0.2) is 0 Å². The summed E-state index contributed by atoms with van der Waals surface area (Å²) in [4.78, 5) is 7.09. The molecule has 1 N–H and O–H groups in total. The highest BCUT2D eigenvalue weighted by Gasteiger charge is 2.23. The molecule has 5 heteroatoms. The molecule has 0 bridgehead atoms. The van der Waals surface area contributed by atoms with Gasteiger partial charge < -0.3 is 5.32 Å². The summed E-state index contributed by atoms with van der Waals surface area (Å²) in [5.41, 5.74) is 3.28. The number of benzene rings is 1. The molecule has 1 aliphatic rings. The highest BCUT2D eigenvalue weighted by atomic mass is 15.2. The summed E-state index contributed by atoms with van der Waals surface area (Å²) in [7, 11) is 1.94. The van der Waals surface area contributed by atoms with Crippen LogP contribution in [0.25, 0.3) is 21.9 Å². The Balaban J connectivity index is 1.49. The molecule has 3 aromatic rings. The Labute approximate surface area is 167 Å². The quantitative estimate of drug-likeness (QED) is 0.703. The maximum atomic E-state index is 4.57. The van der Waals surface area contributed by atoms with Crippen molar-refractivity contribution in [2.24, 2.45) is 13.0 Å². The second-order valence-electron chi connectivity index (χ2n) is 8.22. The zero-order valence-corrected chi connectivity index (χ0v) is 17.0. The van der Waals surface area contributed by atoms with Gasteiger partial charge in [0.25, 0.3) is 0 Å². The number of nitrogens with zero attached hydrogens (tertiary/aromatic N) is 4. The van der Waals surface area contributed by atoms with Crippen molar-refractivity contribution in [3.63, 3.8) is 0 Å².